The summed E-state index contributed by atoms with van der Waals surface area (Å²) in [7, 11) is 0. The van der Waals surface area contributed by atoms with Gasteiger partial charge in [0.2, 0.25) is 5.91 Å². The third-order valence-corrected chi connectivity index (χ3v) is 3.71. The summed E-state index contributed by atoms with van der Waals surface area (Å²) in [6, 6.07) is 6.55. The third-order valence-electron chi connectivity index (χ3n) is 3.71. The number of nitrogens with one attached hydrogen (secondary N) is 1. The van der Waals surface area contributed by atoms with Crippen molar-refractivity contribution < 1.29 is 9.18 Å². The predicted molar refractivity (Wildman–Crippen MR) is 80.3 cm³/mol. The molecule has 1 aliphatic rings. The second-order valence-electron chi connectivity index (χ2n) is 5.29. The molecule has 0 radical (unpaired) electrons. The molecule has 3 N–H and O–H groups in total. The average Bonchev–Trinajstić information content (AvgIpc) is 2.41. The molecule has 112 valence electrons. The first-order chi connectivity index (χ1) is 9.15. The molecule has 1 aliphatic carbocycles. The van der Waals surface area contributed by atoms with Gasteiger partial charge in [-0.2, -0.15) is 0 Å². The lowest BCUT2D eigenvalue weighted by Gasteiger charge is -2.25. The van der Waals surface area contributed by atoms with E-state index in [-0.39, 0.29) is 36.1 Å². The van der Waals surface area contributed by atoms with Crippen LogP contribution in [0.3, 0.4) is 0 Å². The van der Waals surface area contributed by atoms with Crippen molar-refractivity contribution in [3.05, 3.63) is 35.6 Å². The van der Waals surface area contributed by atoms with E-state index in [4.69, 9.17) is 5.73 Å². The van der Waals surface area contributed by atoms with Crippen LogP contribution in [-0.4, -0.2) is 18.5 Å². The van der Waals surface area contributed by atoms with Gasteiger partial charge < -0.3 is 11.1 Å². The van der Waals surface area contributed by atoms with Crippen molar-refractivity contribution in [1.82, 2.24) is 5.32 Å². The van der Waals surface area contributed by atoms with Gasteiger partial charge in [0.05, 0.1) is 0 Å². The second-order valence-corrected chi connectivity index (χ2v) is 5.29. The topological polar surface area (TPSA) is 55.1 Å². The fourth-order valence-corrected chi connectivity index (χ4v) is 2.59. The number of amides is 1. The number of halogens is 2. The molecule has 1 fully saturated rings. The van der Waals surface area contributed by atoms with Gasteiger partial charge in [0.15, 0.2) is 0 Å². The molecule has 0 aliphatic heterocycles. The molecule has 3 nitrogen and oxygen atoms in total. The van der Waals surface area contributed by atoms with Crippen molar-refractivity contribution in [3.8, 4) is 0 Å². The van der Waals surface area contributed by atoms with E-state index >= 15 is 0 Å². The second kappa shape index (κ2) is 8.22. The summed E-state index contributed by atoms with van der Waals surface area (Å²) < 4.78 is 12.7. The molecule has 0 spiro atoms. The Bertz CT molecular complexity index is 424. The minimum Gasteiger partial charge on any atom is -0.356 e. The van der Waals surface area contributed by atoms with Gasteiger partial charge in [-0.25, -0.2) is 4.39 Å². The Balaban J connectivity index is 0.00000200. The number of carbonyl (C=O) groups excluding carboxylic acids is 1. The van der Waals surface area contributed by atoms with Gasteiger partial charge in [0.25, 0.3) is 0 Å². The zero-order valence-corrected chi connectivity index (χ0v) is 12.3. The number of hydrogen-bond donors (Lipinski definition) is 2. The summed E-state index contributed by atoms with van der Waals surface area (Å²) in [6.07, 6.45) is 4.53. The van der Waals surface area contributed by atoms with Gasteiger partial charge in [-0.3, -0.25) is 4.79 Å². The Labute approximate surface area is 125 Å². The predicted octanol–water partition coefficient (Wildman–Crippen LogP) is 2.42. The Morgan fingerprint density at radius 3 is 2.65 bits per heavy atom. The zero-order valence-electron chi connectivity index (χ0n) is 11.5. The van der Waals surface area contributed by atoms with Gasteiger partial charge >= 0.3 is 0 Å². The Morgan fingerprint density at radius 1 is 1.30 bits per heavy atom. The van der Waals surface area contributed by atoms with E-state index in [0.29, 0.717) is 6.54 Å². The lowest BCUT2D eigenvalue weighted by molar-refractivity contribution is -0.126. The van der Waals surface area contributed by atoms with E-state index < -0.39 is 0 Å². The summed E-state index contributed by atoms with van der Waals surface area (Å²) in [5, 5.41) is 2.95. The van der Waals surface area contributed by atoms with Crippen molar-refractivity contribution in [2.75, 3.05) is 6.54 Å². The van der Waals surface area contributed by atoms with E-state index in [1.165, 1.54) is 12.1 Å². The van der Waals surface area contributed by atoms with E-state index in [9.17, 15) is 9.18 Å². The largest absolute Gasteiger partial charge is 0.356 e. The first kappa shape index (κ1) is 16.9. The van der Waals surface area contributed by atoms with E-state index in [1.54, 1.807) is 12.1 Å². The van der Waals surface area contributed by atoms with Crippen molar-refractivity contribution >= 4 is 18.3 Å². The molecule has 0 bridgehead atoms. The fraction of sp³-hybridized carbons (Fsp3) is 0.533. The van der Waals surface area contributed by atoms with Gasteiger partial charge in [-0.1, -0.05) is 18.6 Å². The van der Waals surface area contributed by atoms with Gasteiger partial charge in [0, 0.05) is 18.5 Å². The molecule has 2 rings (SSSR count). The van der Waals surface area contributed by atoms with E-state index in [0.717, 1.165) is 37.7 Å². The fourth-order valence-electron chi connectivity index (χ4n) is 2.59. The maximum atomic E-state index is 12.7. The number of hydrogen-bond acceptors (Lipinski definition) is 2. The maximum absolute atomic E-state index is 12.7. The third kappa shape index (κ3) is 5.10. The van der Waals surface area contributed by atoms with Gasteiger partial charge in [-0.05, 0) is 43.4 Å². The molecule has 2 atom stereocenters. The zero-order chi connectivity index (χ0) is 13.7. The maximum Gasteiger partial charge on any atom is 0.223 e. The Hall–Kier alpha value is -1.13. The van der Waals surface area contributed by atoms with Crippen molar-refractivity contribution in [3.63, 3.8) is 0 Å². The number of nitrogens with two attached hydrogens (primary N) is 1. The quantitative estimate of drug-likeness (QED) is 0.897. The van der Waals surface area contributed by atoms with Crippen LogP contribution in [0.2, 0.25) is 0 Å². The molecule has 5 heteroatoms. The number of carbonyl (C=O) groups is 1. The molecule has 0 saturated heterocycles. The lowest BCUT2D eigenvalue weighted by atomic mass is 9.85. The SMILES string of the molecule is Cl.NC1CCCC(C(=O)NCCc2ccc(F)cc2)C1. The normalized spacial score (nSPS) is 21.9. The van der Waals surface area contributed by atoms with Crippen LogP contribution in [0.15, 0.2) is 24.3 Å². The van der Waals surface area contributed by atoms with Crippen LogP contribution in [0.5, 0.6) is 0 Å². The first-order valence-electron chi connectivity index (χ1n) is 6.93. The summed E-state index contributed by atoms with van der Waals surface area (Å²) in [4.78, 5) is 12.0. The van der Waals surface area contributed by atoms with Crippen LogP contribution in [-0.2, 0) is 11.2 Å². The standard InChI is InChI=1S/C15H21FN2O.ClH/c16-13-6-4-11(5-7-13)8-9-18-15(19)12-2-1-3-14(17)10-12;/h4-7,12,14H,1-3,8-10,17H2,(H,18,19);1H. The van der Waals surface area contributed by atoms with Crippen LogP contribution in [0.4, 0.5) is 4.39 Å². The smallest absolute Gasteiger partial charge is 0.223 e. The van der Waals surface area contributed by atoms with Gasteiger partial charge in [-0.15, -0.1) is 12.4 Å². The molecular formula is C15H22ClFN2O. The highest BCUT2D eigenvalue weighted by Crippen LogP contribution is 2.23. The van der Waals surface area contributed by atoms with Crippen LogP contribution in [0.1, 0.15) is 31.2 Å². The average molecular weight is 301 g/mol. The molecular weight excluding hydrogens is 279 g/mol. The minimum atomic E-state index is -0.232. The summed E-state index contributed by atoms with van der Waals surface area (Å²) in [6.45, 7) is 0.593. The molecule has 0 heterocycles. The van der Waals surface area contributed by atoms with Crippen molar-refractivity contribution in [1.29, 1.82) is 0 Å². The van der Waals surface area contributed by atoms with Crippen molar-refractivity contribution in [2.24, 2.45) is 11.7 Å². The molecule has 1 aromatic rings. The molecule has 20 heavy (non-hydrogen) atoms. The summed E-state index contributed by atoms with van der Waals surface area (Å²) in [5.41, 5.74) is 6.91. The number of benzene rings is 1. The lowest BCUT2D eigenvalue weighted by Crippen LogP contribution is -2.38. The highest BCUT2D eigenvalue weighted by molar-refractivity contribution is 5.85. The molecule has 1 saturated carbocycles. The van der Waals surface area contributed by atoms with Crippen LogP contribution in [0, 0.1) is 11.7 Å². The first-order valence-corrected chi connectivity index (χ1v) is 6.93. The highest BCUT2D eigenvalue weighted by Gasteiger charge is 2.24. The van der Waals surface area contributed by atoms with E-state index in [2.05, 4.69) is 5.32 Å². The number of rotatable bonds is 4. The summed E-state index contributed by atoms with van der Waals surface area (Å²) in [5.74, 6) is -0.0572. The van der Waals surface area contributed by atoms with Crippen molar-refractivity contribution in [2.45, 2.75) is 38.1 Å². The minimum absolute atomic E-state index is 0. The van der Waals surface area contributed by atoms with E-state index in [1.807, 2.05) is 0 Å². The monoisotopic (exact) mass is 300 g/mol. The van der Waals surface area contributed by atoms with Crippen LogP contribution >= 0.6 is 12.4 Å². The molecule has 0 aromatic heterocycles. The van der Waals surface area contributed by atoms with Crippen LogP contribution in [0.25, 0.3) is 0 Å². The molecule has 1 amide bonds. The summed E-state index contributed by atoms with van der Waals surface area (Å²) >= 11 is 0. The van der Waals surface area contributed by atoms with Gasteiger partial charge in [0.1, 0.15) is 5.82 Å². The Morgan fingerprint density at radius 2 is 2.00 bits per heavy atom. The molecule has 2 unspecified atom stereocenters. The molecule has 1 aromatic carbocycles. The highest BCUT2D eigenvalue weighted by atomic mass is 35.5. The Kier molecular flexibility index (Phi) is 6.96. The van der Waals surface area contributed by atoms with Crippen LogP contribution < -0.4 is 11.1 Å².